The maximum Gasteiger partial charge on any atom is 0.407 e. The number of hydrogen-bond donors (Lipinski definition) is 1. The van der Waals surface area contributed by atoms with Gasteiger partial charge in [0.25, 0.3) is 0 Å². The number of fused-ring (bicyclic) bond motifs is 3. The maximum absolute atomic E-state index is 13.7. The van der Waals surface area contributed by atoms with Crippen LogP contribution in [0.1, 0.15) is 60.9 Å². The fourth-order valence-corrected chi connectivity index (χ4v) is 7.82. The van der Waals surface area contributed by atoms with Crippen LogP contribution >= 0.6 is 0 Å². The molecule has 12 heteroatoms. The average Bonchev–Trinajstić information content (AvgIpc) is 3.61. The predicted molar refractivity (Wildman–Crippen MR) is 234 cm³/mol. The lowest BCUT2D eigenvalue weighted by atomic mass is 9.97. The summed E-state index contributed by atoms with van der Waals surface area (Å²) < 4.78 is 49.3. The molecule has 0 bridgehead atoms. The van der Waals surface area contributed by atoms with Gasteiger partial charge in [-0.25, -0.2) is 9.59 Å². The zero-order valence-corrected chi connectivity index (χ0v) is 36.1. The Labute approximate surface area is 368 Å². The number of carbonyl (C=O) groups is 3. The lowest BCUT2D eigenvalue weighted by Gasteiger charge is -2.45. The van der Waals surface area contributed by atoms with E-state index >= 15 is 0 Å². The zero-order chi connectivity index (χ0) is 44.2. The van der Waals surface area contributed by atoms with E-state index in [4.69, 9.17) is 37.9 Å². The van der Waals surface area contributed by atoms with Gasteiger partial charge < -0.3 is 43.2 Å². The molecule has 0 saturated carbocycles. The molecule has 1 saturated heterocycles. The van der Waals surface area contributed by atoms with Crippen molar-refractivity contribution in [1.29, 1.82) is 0 Å². The lowest BCUT2D eigenvalue weighted by molar-refractivity contribution is -0.322. The van der Waals surface area contributed by atoms with Crippen molar-refractivity contribution in [3.05, 3.63) is 167 Å². The van der Waals surface area contributed by atoms with E-state index < -0.39 is 66.8 Å². The Kier molecular flexibility index (Phi) is 15.4. The van der Waals surface area contributed by atoms with Crippen LogP contribution in [0, 0.1) is 0 Å². The molecule has 0 spiro atoms. The van der Waals surface area contributed by atoms with Crippen LogP contribution in [-0.2, 0) is 67.3 Å². The first-order chi connectivity index (χ1) is 30.6. The summed E-state index contributed by atoms with van der Waals surface area (Å²) >= 11 is 0. The number of benzene rings is 5. The fourth-order valence-electron chi connectivity index (χ4n) is 7.82. The quantitative estimate of drug-likeness (QED) is 0.0673. The molecular weight excluding hydrogens is 803 g/mol. The second kappa shape index (κ2) is 21.5. The van der Waals surface area contributed by atoms with Crippen molar-refractivity contribution in [3.63, 3.8) is 0 Å². The summed E-state index contributed by atoms with van der Waals surface area (Å²) in [6, 6.07) is 43.6. The van der Waals surface area contributed by atoms with Crippen molar-refractivity contribution >= 4 is 18.0 Å². The summed E-state index contributed by atoms with van der Waals surface area (Å²) in [6.07, 6.45) is -5.63. The van der Waals surface area contributed by atoms with Gasteiger partial charge in [0, 0.05) is 13.0 Å². The molecule has 1 aliphatic heterocycles. The van der Waals surface area contributed by atoms with Crippen molar-refractivity contribution in [2.45, 2.75) is 95.3 Å². The number of esters is 2. The number of methoxy groups -OCH3 is 1. The molecule has 1 heterocycles. The van der Waals surface area contributed by atoms with E-state index in [2.05, 4.69) is 5.32 Å². The molecule has 6 atom stereocenters. The maximum atomic E-state index is 13.7. The van der Waals surface area contributed by atoms with Crippen molar-refractivity contribution < 1.29 is 52.3 Å². The molecule has 0 unspecified atom stereocenters. The number of rotatable bonds is 18. The Hall–Kier alpha value is -5.89. The molecule has 0 radical (unpaired) electrons. The molecule has 63 heavy (non-hydrogen) atoms. The van der Waals surface area contributed by atoms with E-state index in [0.717, 1.165) is 38.9 Å². The molecule has 1 aliphatic carbocycles. The van der Waals surface area contributed by atoms with E-state index in [1.54, 1.807) is 20.8 Å². The molecular formula is C51H55NO11. The minimum Gasteiger partial charge on any atom is -0.463 e. The molecule has 1 fully saturated rings. The van der Waals surface area contributed by atoms with Crippen molar-refractivity contribution in [3.8, 4) is 11.1 Å². The number of amides is 1. The molecule has 7 rings (SSSR count). The summed E-state index contributed by atoms with van der Waals surface area (Å²) in [4.78, 5) is 40.7. The highest BCUT2D eigenvalue weighted by atomic mass is 16.7. The first kappa shape index (κ1) is 45.1. The third-order valence-corrected chi connectivity index (χ3v) is 10.8. The number of ether oxygens (including phenoxy) is 8. The van der Waals surface area contributed by atoms with Gasteiger partial charge in [-0.1, -0.05) is 140 Å². The Bertz CT molecular complexity index is 2200. The minimum atomic E-state index is -1.42. The third kappa shape index (κ3) is 12.2. The first-order valence-electron chi connectivity index (χ1n) is 21.2. The summed E-state index contributed by atoms with van der Waals surface area (Å²) in [7, 11) is 1.51. The van der Waals surface area contributed by atoms with Crippen LogP contribution in [0.25, 0.3) is 11.1 Å². The summed E-state index contributed by atoms with van der Waals surface area (Å²) in [6.45, 7) is 5.46. The summed E-state index contributed by atoms with van der Waals surface area (Å²) in [5.74, 6) is -1.83. The van der Waals surface area contributed by atoms with Crippen LogP contribution in [0.2, 0.25) is 0 Å². The number of hydrogen-bond acceptors (Lipinski definition) is 11. The monoisotopic (exact) mass is 857 g/mol. The number of alkyl carbamates (subject to hydrolysis) is 1. The fraction of sp³-hybridized carbons (Fsp3) is 0.353. The number of nitrogens with one attached hydrogen (secondary N) is 1. The van der Waals surface area contributed by atoms with Gasteiger partial charge in [0.2, 0.25) is 0 Å². The van der Waals surface area contributed by atoms with Crippen LogP contribution < -0.4 is 5.32 Å². The van der Waals surface area contributed by atoms with Crippen LogP contribution in [0.3, 0.4) is 0 Å². The third-order valence-electron chi connectivity index (χ3n) is 10.8. The van der Waals surface area contributed by atoms with Crippen molar-refractivity contribution in [1.82, 2.24) is 5.32 Å². The molecule has 1 amide bonds. The van der Waals surface area contributed by atoms with Crippen LogP contribution in [0.4, 0.5) is 4.79 Å². The smallest absolute Gasteiger partial charge is 0.407 e. The van der Waals surface area contributed by atoms with Gasteiger partial charge in [0.15, 0.2) is 6.29 Å². The van der Waals surface area contributed by atoms with Gasteiger partial charge in [0.05, 0.1) is 26.2 Å². The number of carbonyl (C=O) groups excluding carboxylic acids is 3. The predicted octanol–water partition coefficient (Wildman–Crippen LogP) is 8.30. The van der Waals surface area contributed by atoms with E-state index in [1.165, 1.54) is 7.11 Å². The van der Waals surface area contributed by atoms with Gasteiger partial charge in [-0.3, -0.25) is 4.79 Å². The van der Waals surface area contributed by atoms with Crippen LogP contribution in [0.15, 0.2) is 140 Å². The van der Waals surface area contributed by atoms with Gasteiger partial charge >= 0.3 is 18.0 Å². The minimum absolute atomic E-state index is 0.0129. The molecule has 330 valence electrons. The summed E-state index contributed by atoms with van der Waals surface area (Å²) in [5, 5.41) is 2.57. The van der Waals surface area contributed by atoms with Gasteiger partial charge in [-0.15, -0.1) is 0 Å². The Morgan fingerprint density at radius 3 is 1.59 bits per heavy atom. The van der Waals surface area contributed by atoms with Crippen molar-refractivity contribution in [2.75, 3.05) is 20.3 Å². The molecule has 2 aliphatic rings. The standard InChI is InChI=1S/C51H55NO11/c1-51(2,3)63-48(54)42(52-50(55)61-32-41-39-26-16-14-24-37(39)38-25-15-17-27-40(38)41)28-44(53)57-33-43-45(58-29-34-18-8-5-9-19-34)46(59-30-35-20-10-6-11-21-35)47(49(56-4)62-43)60-31-36-22-12-7-13-23-36/h5-27,41-43,45-47,49H,28-33H2,1-4H3,(H,52,55)/t42-,43+,45+,46-,47-,49-/m0/s1. The Balaban J connectivity index is 1.06. The highest BCUT2D eigenvalue weighted by molar-refractivity contribution is 5.86. The van der Waals surface area contributed by atoms with E-state index in [1.807, 2.05) is 140 Å². The first-order valence-corrected chi connectivity index (χ1v) is 21.2. The molecule has 12 nitrogen and oxygen atoms in total. The van der Waals surface area contributed by atoms with Gasteiger partial charge in [0.1, 0.15) is 49.3 Å². The Morgan fingerprint density at radius 2 is 1.08 bits per heavy atom. The average molecular weight is 858 g/mol. The summed E-state index contributed by atoms with van der Waals surface area (Å²) in [5.41, 5.74) is 6.09. The highest BCUT2D eigenvalue weighted by Gasteiger charge is 2.49. The van der Waals surface area contributed by atoms with E-state index in [0.29, 0.717) is 0 Å². The van der Waals surface area contributed by atoms with Crippen LogP contribution in [-0.4, -0.2) is 80.7 Å². The topological polar surface area (TPSA) is 137 Å². The second-order valence-electron chi connectivity index (χ2n) is 16.5. The molecule has 1 N–H and O–H groups in total. The molecule has 5 aromatic rings. The van der Waals surface area contributed by atoms with Crippen molar-refractivity contribution in [2.24, 2.45) is 0 Å². The van der Waals surface area contributed by atoms with E-state index in [-0.39, 0.29) is 39.0 Å². The lowest BCUT2D eigenvalue weighted by Crippen LogP contribution is -2.61. The largest absolute Gasteiger partial charge is 0.463 e. The van der Waals surface area contributed by atoms with Crippen LogP contribution in [0.5, 0.6) is 0 Å². The molecule has 5 aromatic carbocycles. The Morgan fingerprint density at radius 1 is 0.603 bits per heavy atom. The highest BCUT2D eigenvalue weighted by Crippen LogP contribution is 2.44. The second-order valence-corrected chi connectivity index (χ2v) is 16.5. The normalized spacial score (nSPS) is 19.9. The van der Waals surface area contributed by atoms with Gasteiger partial charge in [-0.05, 0) is 59.7 Å². The van der Waals surface area contributed by atoms with E-state index in [9.17, 15) is 14.4 Å². The zero-order valence-electron chi connectivity index (χ0n) is 36.1. The van der Waals surface area contributed by atoms with Gasteiger partial charge in [-0.2, -0.15) is 0 Å². The molecule has 0 aromatic heterocycles. The SMILES string of the molecule is CO[C@H]1O[C@H](COC(=O)C[C@H](NC(=O)OCC2c3ccccc3-c3ccccc32)C(=O)OC(C)(C)C)[C@@H](OCc2ccccc2)[C@H](OCc2ccccc2)[C@@H]1OCc1ccccc1.